The molecule has 0 N–H and O–H groups in total. The zero-order valence-corrected chi connectivity index (χ0v) is 8.61. The molecule has 4 heteroatoms. The number of aldehydes is 1. The lowest BCUT2D eigenvalue weighted by atomic mass is 10.4. The molecule has 0 unspecified atom stereocenters. The van der Waals surface area contributed by atoms with Crippen LogP contribution >= 0.6 is 22.7 Å². The summed E-state index contributed by atoms with van der Waals surface area (Å²) in [6.45, 7) is 2.07. The lowest BCUT2D eigenvalue weighted by Crippen LogP contribution is -1.69. The molecule has 0 aliphatic carbocycles. The van der Waals surface area contributed by atoms with Crippen LogP contribution in [0, 0.1) is 6.92 Å². The molecule has 0 aromatic carbocycles. The molecule has 13 heavy (non-hydrogen) atoms. The highest BCUT2D eigenvalue weighted by Crippen LogP contribution is 2.31. The van der Waals surface area contributed by atoms with E-state index in [0.29, 0.717) is 5.01 Å². The van der Waals surface area contributed by atoms with Crippen molar-refractivity contribution in [1.82, 2.24) is 4.98 Å². The van der Waals surface area contributed by atoms with Gasteiger partial charge in [0, 0.05) is 16.0 Å². The Balaban J connectivity index is 2.40. The summed E-state index contributed by atoms with van der Waals surface area (Å²) >= 11 is 3.15. The van der Waals surface area contributed by atoms with Crippen molar-refractivity contribution in [2.75, 3.05) is 0 Å². The van der Waals surface area contributed by atoms with Crippen LogP contribution in [-0.4, -0.2) is 11.3 Å². The van der Waals surface area contributed by atoms with Crippen LogP contribution in [0.2, 0.25) is 0 Å². The lowest BCUT2D eigenvalue weighted by molar-refractivity contribution is 0.112. The van der Waals surface area contributed by atoms with Crippen LogP contribution in [0.25, 0.3) is 9.75 Å². The third-order valence-corrected chi connectivity index (χ3v) is 3.73. The standard InChI is InChI=1S/C9H7NOS2/c1-6-2-3-7(12-6)8-4-10-9(5-11)13-8/h2-5H,1H3. The largest absolute Gasteiger partial charge is 0.295 e. The van der Waals surface area contributed by atoms with Crippen molar-refractivity contribution < 1.29 is 4.79 Å². The Morgan fingerprint density at radius 2 is 2.15 bits per heavy atom. The van der Waals surface area contributed by atoms with Crippen molar-refractivity contribution in [3.05, 3.63) is 28.2 Å². The second-order valence-corrected chi connectivity index (χ2v) is 4.94. The molecule has 0 amide bonds. The van der Waals surface area contributed by atoms with Crippen LogP contribution < -0.4 is 0 Å². The van der Waals surface area contributed by atoms with Crippen molar-refractivity contribution in [2.45, 2.75) is 6.92 Å². The van der Waals surface area contributed by atoms with Gasteiger partial charge in [0.2, 0.25) is 0 Å². The van der Waals surface area contributed by atoms with E-state index in [1.165, 1.54) is 21.1 Å². The molecule has 2 aromatic heterocycles. The molecular weight excluding hydrogens is 202 g/mol. The predicted octanol–water partition coefficient (Wildman–Crippen LogP) is 2.99. The molecule has 0 spiro atoms. The summed E-state index contributed by atoms with van der Waals surface area (Å²) in [6.07, 6.45) is 2.54. The normalized spacial score (nSPS) is 10.2. The van der Waals surface area contributed by atoms with E-state index in [2.05, 4.69) is 24.0 Å². The highest BCUT2D eigenvalue weighted by Gasteiger charge is 2.04. The summed E-state index contributed by atoms with van der Waals surface area (Å²) in [7, 11) is 0. The first-order valence-electron chi connectivity index (χ1n) is 3.77. The minimum atomic E-state index is 0.543. The Bertz CT molecular complexity index is 430. The highest BCUT2D eigenvalue weighted by atomic mass is 32.1. The van der Waals surface area contributed by atoms with E-state index < -0.39 is 0 Å². The smallest absolute Gasteiger partial charge is 0.178 e. The topological polar surface area (TPSA) is 30.0 Å². The lowest BCUT2D eigenvalue weighted by Gasteiger charge is -1.85. The summed E-state index contributed by atoms with van der Waals surface area (Å²) in [5.74, 6) is 0. The maximum absolute atomic E-state index is 10.4. The Hall–Kier alpha value is -1.000. The third kappa shape index (κ3) is 1.68. The Morgan fingerprint density at radius 3 is 2.69 bits per heavy atom. The zero-order chi connectivity index (χ0) is 9.26. The molecule has 0 saturated heterocycles. The molecule has 2 aromatic rings. The molecule has 0 bridgehead atoms. The molecule has 2 rings (SSSR count). The highest BCUT2D eigenvalue weighted by molar-refractivity contribution is 7.22. The van der Waals surface area contributed by atoms with E-state index in [1.54, 1.807) is 17.5 Å². The van der Waals surface area contributed by atoms with Gasteiger partial charge < -0.3 is 0 Å². The summed E-state index contributed by atoms with van der Waals surface area (Å²) in [4.78, 5) is 17.9. The summed E-state index contributed by atoms with van der Waals surface area (Å²) in [5, 5.41) is 0.543. The molecule has 0 aliphatic rings. The number of thiazole rings is 1. The maximum atomic E-state index is 10.4. The first kappa shape index (κ1) is 8.59. The second-order valence-electron chi connectivity index (χ2n) is 2.59. The van der Waals surface area contributed by atoms with Gasteiger partial charge in [-0.25, -0.2) is 4.98 Å². The van der Waals surface area contributed by atoms with Crippen LogP contribution in [0.1, 0.15) is 14.7 Å². The molecule has 0 fully saturated rings. The van der Waals surface area contributed by atoms with Crippen LogP contribution in [0.5, 0.6) is 0 Å². The first-order chi connectivity index (χ1) is 6.29. The third-order valence-electron chi connectivity index (χ3n) is 1.61. The SMILES string of the molecule is Cc1ccc(-c2cnc(C=O)s2)s1. The summed E-state index contributed by atoms with van der Waals surface area (Å²) < 4.78 is 0. The van der Waals surface area contributed by atoms with Crippen LogP contribution in [0.4, 0.5) is 0 Å². The molecule has 0 radical (unpaired) electrons. The number of nitrogens with zero attached hydrogens (tertiary/aromatic N) is 1. The molecular formula is C9H7NOS2. The summed E-state index contributed by atoms with van der Waals surface area (Å²) in [6, 6.07) is 4.13. The average molecular weight is 209 g/mol. The van der Waals surface area contributed by atoms with Crippen molar-refractivity contribution >= 4 is 29.0 Å². The van der Waals surface area contributed by atoms with Crippen LogP contribution in [-0.2, 0) is 0 Å². The van der Waals surface area contributed by atoms with Crippen molar-refractivity contribution in [3.63, 3.8) is 0 Å². The fourth-order valence-electron chi connectivity index (χ4n) is 1.02. The summed E-state index contributed by atoms with van der Waals surface area (Å²) in [5.41, 5.74) is 0. The number of carbonyl (C=O) groups excluding carboxylic acids is 1. The maximum Gasteiger partial charge on any atom is 0.178 e. The monoisotopic (exact) mass is 209 g/mol. The second kappa shape index (κ2) is 3.40. The predicted molar refractivity (Wildman–Crippen MR) is 55.6 cm³/mol. The number of aromatic nitrogens is 1. The van der Waals surface area contributed by atoms with E-state index in [-0.39, 0.29) is 0 Å². The number of hydrogen-bond acceptors (Lipinski definition) is 4. The van der Waals surface area contributed by atoms with Gasteiger partial charge in [-0.05, 0) is 19.1 Å². The first-order valence-corrected chi connectivity index (χ1v) is 5.41. The Kier molecular flexibility index (Phi) is 2.24. The van der Waals surface area contributed by atoms with E-state index >= 15 is 0 Å². The average Bonchev–Trinajstić information content (AvgIpc) is 2.71. The molecule has 0 saturated carbocycles. The van der Waals surface area contributed by atoms with Gasteiger partial charge in [0.25, 0.3) is 0 Å². The van der Waals surface area contributed by atoms with E-state index in [0.717, 1.165) is 11.2 Å². The number of carbonyl (C=O) groups is 1. The van der Waals surface area contributed by atoms with Gasteiger partial charge >= 0.3 is 0 Å². The van der Waals surface area contributed by atoms with Gasteiger partial charge in [-0.15, -0.1) is 22.7 Å². The number of aryl methyl sites for hydroxylation is 1. The number of hydrogen-bond donors (Lipinski definition) is 0. The van der Waals surface area contributed by atoms with Gasteiger partial charge in [-0.3, -0.25) is 4.79 Å². The van der Waals surface area contributed by atoms with Crippen molar-refractivity contribution in [1.29, 1.82) is 0 Å². The minimum Gasteiger partial charge on any atom is -0.295 e. The fourth-order valence-corrected chi connectivity index (χ4v) is 2.70. The zero-order valence-electron chi connectivity index (χ0n) is 6.98. The molecule has 66 valence electrons. The Morgan fingerprint density at radius 1 is 1.31 bits per heavy atom. The Labute approximate surface area is 83.9 Å². The van der Waals surface area contributed by atoms with Gasteiger partial charge in [0.15, 0.2) is 11.3 Å². The quantitative estimate of drug-likeness (QED) is 0.712. The number of thiophene rings is 1. The number of rotatable bonds is 2. The van der Waals surface area contributed by atoms with Crippen LogP contribution in [0.15, 0.2) is 18.3 Å². The molecule has 2 nitrogen and oxygen atoms in total. The molecule has 2 heterocycles. The van der Waals surface area contributed by atoms with Crippen molar-refractivity contribution in [2.24, 2.45) is 0 Å². The van der Waals surface area contributed by atoms with Gasteiger partial charge in [-0.2, -0.15) is 0 Å². The van der Waals surface area contributed by atoms with Crippen molar-refractivity contribution in [3.8, 4) is 9.75 Å². The van der Waals surface area contributed by atoms with Crippen LogP contribution in [0.3, 0.4) is 0 Å². The molecule has 0 aliphatic heterocycles. The minimum absolute atomic E-state index is 0.543. The molecule has 0 atom stereocenters. The van der Waals surface area contributed by atoms with E-state index in [9.17, 15) is 4.79 Å². The van der Waals surface area contributed by atoms with Gasteiger partial charge in [0.1, 0.15) is 0 Å². The fraction of sp³-hybridized carbons (Fsp3) is 0.111. The van der Waals surface area contributed by atoms with Gasteiger partial charge in [0.05, 0.1) is 4.88 Å². The van der Waals surface area contributed by atoms with E-state index in [4.69, 9.17) is 0 Å². The van der Waals surface area contributed by atoms with Gasteiger partial charge in [-0.1, -0.05) is 0 Å². The van der Waals surface area contributed by atoms with E-state index in [1.807, 2.05) is 0 Å².